The molecule has 2 heterocycles. The average molecular weight is 245 g/mol. The molecule has 2 N–H and O–H groups in total. The quantitative estimate of drug-likeness (QED) is 0.810. The van der Waals surface area contributed by atoms with Gasteiger partial charge >= 0.3 is 0 Å². The van der Waals surface area contributed by atoms with Crippen molar-refractivity contribution in [2.45, 2.75) is 13.1 Å². The number of nitrogens with zero attached hydrogens (tertiary/aromatic N) is 3. The lowest BCUT2D eigenvalue weighted by Crippen LogP contribution is -2.23. The third-order valence-electron chi connectivity index (χ3n) is 2.46. The molecule has 0 saturated carbocycles. The Bertz CT molecular complexity index is 508. The molecule has 6 heteroatoms. The zero-order valence-corrected chi connectivity index (χ0v) is 10.1. The van der Waals surface area contributed by atoms with Gasteiger partial charge in [0.15, 0.2) is 0 Å². The largest absolute Gasteiger partial charge is 0.378 e. The van der Waals surface area contributed by atoms with E-state index in [1.807, 2.05) is 12.1 Å². The van der Waals surface area contributed by atoms with Crippen LogP contribution < -0.4 is 10.6 Å². The molecular formula is C12H15N5O. The first-order valence-corrected chi connectivity index (χ1v) is 5.64. The number of aromatic nitrogens is 3. The third-order valence-corrected chi connectivity index (χ3v) is 2.46. The number of nitrogens with one attached hydrogen (secondary N) is 2. The van der Waals surface area contributed by atoms with Crippen molar-refractivity contribution in [2.24, 2.45) is 0 Å². The van der Waals surface area contributed by atoms with E-state index in [2.05, 4.69) is 20.7 Å². The molecular weight excluding hydrogens is 230 g/mol. The summed E-state index contributed by atoms with van der Waals surface area (Å²) in [5, 5.41) is 9.88. The number of likely N-dealkylation sites (N-methyl/N-ethyl adjacent to an activating group) is 1. The average Bonchev–Trinajstić information content (AvgIpc) is 2.85. The second-order valence-electron chi connectivity index (χ2n) is 3.81. The number of anilines is 1. The molecule has 0 radical (unpaired) electrons. The van der Waals surface area contributed by atoms with Crippen LogP contribution >= 0.6 is 0 Å². The van der Waals surface area contributed by atoms with Gasteiger partial charge in [-0.3, -0.25) is 14.5 Å². The molecule has 0 bridgehead atoms. The second kappa shape index (κ2) is 5.81. The minimum absolute atomic E-state index is 0.0706. The lowest BCUT2D eigenvalue weighted by atomic mass is 10.3. The highest BCUT2D eigenvalue weighted by molar-refractivity contribution is 5.75. The molecule has 1 amide bonds. The van der Waals surface area contributed by atoms with Gasteiger partial charge in [0.25, 0.3) is 0 Å². The smallest absolute Gasteiger partial charge is 0.241 e. The maximum Gasteiger partial charge on any atom is 0.241 e. The van der Waals surface area contributed by atoms with Gasteiger partial charge in [-0.25, -0.2) is 0 Å². The Morgan fingerprint density at radius 1 is 1.39 bits per heavy atom. The Balaban J connectivity index is 1.89. The minimum atomic E-state index is -0.0706. The minimum Gasteiger partial charge on any atom is -0.378 e. The van der Waals surface area contributed by atoms with Gasteiger partial charge in [0.1, 0.15) is 6.54 Å². The lowest BCUT2D eigenvalue weighted by molar-refractivity contribution is -0.121. The third kappa shape index (κ3) is 3.31. The Kier molecular flexibility index (Phi) is 3.90. The number of rotatable bonds is 5. The van der Waals surface area contributed by atoms with E-state index in [1.54, 1.807) is 36.5 Å². The van der Waals surface area contributed by atoms with Crippen LogP contribution in [0.2, 0.25) is 0 Å². The standard InChI is InChI=1S/C12H15N5O/c1-13-12(18)9-17-8-11(7-16-17)15-6-10-2-4-14-5-3-10/h2-5,7-8,15H,6,9H2,1H3,(H,13,18). The summed E-state index contributed by atoms with van der Waals surface area (Å²) < 4.78 is 1.59. The van der Waals surface area contributed by atoms with Crippen molar-refractivity contribution < 1.29 is 4.79 Å². The van der Waals surface area contributed by atoms with Gasteiger partial charge in [-0.15, -0.1) is 0 Å². The summed E-state index contributed by atoms with van der Waals surface area (Å²) in [6, 6.07) is 3.89. The van der Waals surface area contributed by atoms with Crippen molar-refractivity contribution in [1.29, 1.82) is 0 Å². The van der Waals surface area contributed by atoms with Crippen LogP contribution in [0.4, 0.5) is 5.69 Å². The van der Waals surface area contributed by atoms with Crippen molar-refractivity contribution in [2.75, 3.05) is 12.4 Å². The summed E-state index contributed by atoms with van der Waals surface area (Å²) in [7, 11) is 1.61. The Labute approximate surface area is 105 Å². The molecule has 0 fully saturated rings. The molecule has 0 aliphatic heterocycles. The van der Waals surface area contributed by atoms with Gasteiger partial charge in [-0.1, -0.05) is 0 Å². The molecule has 0 aliphatic rings. The molecule has 0 unspecified atom stereocenters. The molecule has 0 atom stereocenters. The van der Waals surface area contributed by atoms with Crippen LogP contribution in [0.3, 0.4) is 0 Å². The Morgan fingerprint density at radius 3 is 2.89 bits per heavy atom. The maximum atomic E-state index is 11.2. The Hall–Kier alpha value is -2.37. The highest BCUT2D eigenvalue weighted by atomic mass is 16.1. The van der Waals surface area contributed by atoms with Crippen molar-refractivity contribution in [3.8, 4) is 0 Å². The molecule has 0 aliphatic carbocycles. The van der Waals surface area contributed by atoms with E-state index >= 15 is 0 Å². The van der Waals surface area contributed by atoms with E-state index in [0.717, 1.165) is 11.3 Å². The van der Waals surface area contributed by atoms with Crippen LogP contribution in [0.5, 0.6) is 0 Å². The molecule has 18 heavy (non-hydrogen) atoms. The van der Waals surface area contributed by atoms with Crippen molar-refractivity contribution >= 4 is 11.6 Å². The highest BCUT2D eigenvalue weighted by Gasteiger charge is 2.02. The number of carbonyl (C=O) groups excluding carboxylic acids is 1. The number of pyridine rings is 1. The van der Waals surface area contributed by atoms with Crippen LogP contribution in [0.25, 0.3) is 0 Å². The lowest BCUT2D eigenvalue weighted by Gasteiger charge is -2.02. The molecule has 2 aromatic heterocycles. The zero-order valence-electron chi connectivity index (χ0n) is 10.1. The topological polar surface area (TPSA) is 71.8 Å². The van der Waals surface area contributed by atoms with Crippen LogP contribution in [-0.2, 0) is 17.9 Å². The number of carbonyl (C=O) groups is 1. The normalized spacial score (nSPS) is 10.1. The van der Waals surface area contributed by atoms with Gasteiger partial charge in [-0.2, -0.15) is 5.10 Å². The van der Waals surface area contributed by atoms with Crippen LogP contribution in [0, 0.1) is 0 Å². The fraction of sp³-hybridized carbons (Fsp3) is 0.250. The predicted molar refractivity (Wildman–Crippen MR) is 67.9 cm³/mol. The summed E-state index contributed by atoms with van der Waals surface area (Å²) in [5.41, 5.74) is 2.03. The van der Waals surface area contributed by atoms with E-state index < -0.39 is 0 Å². The highest BCUT2D eigenvalue weighted by Crippen LogP contribution is 2.07. The van der Waals surface area contributed by atoms with E-state index in [9.17, 15) is 4.79 Å². The predicted octanol–water partition coefficient (Wildman–Crippen LogP) is 0.636. The summed E-state index contributed by atoms with van der Waals surface area (Å²) >= 11 is 0. The first-order chi connectivity index (χ1) is 8.78. The fourth-order valence-electron chi connectivity index (χ4n) is 1.47. The monoisotopic (exact) mass is 245 g/mol. The van der Waals surface area contributed by atoms with E-state index in [4.69, 9.17) is 0 Å². The molecule has 2 rings (SSSR count). The van der Waals surface area contributed by atoms with Crippen LogP contribution in [0.15, 0.2) is 36.9 Å². The second-order valence-corrected chi connectivity index (χ2v) is 3.81. The summed E-state index contributed by atoms with van der Waals surface area (Å²) in [6.45, 7) is 0.932. The SMILES string of the molecule is CNC(=O)Cn1cc(NCc2ccncc2)cn1. The fourth-order valence-corrected chi connectivity index (χ4v) is 1.47. The maximum absolute atomic E-state index is 11.2. The number of amides is 1. The van der Waals surface area contributed by atoms with Crippen molar-refractivity contribution in [1.82, 2.24) is 20.1 Å². The zero-order chi connectivity index (χ0) is 12.8. The molecule has 6 nitrogen and oxygen atoms in total. The van der Waals surface area contributed by atoms with E-state index in [0.29, 0.717) is 6.54 Å². The van der Waals surface area contributed by atoms with Gasteiger partial charge in [0, 0.05) is 32.2 Å². The first kappa shape index (κ1) is 12.1. The van der Waals surface area contributed by atoms with Gasteiger partial charge in [0.05, 0.1) is 11.9 Å². The molecule has 0 spiro atoms. The van der Waals surface area contributed by atoms with E-state index in [1.165, 1.54) is 0 Å². The van der Waals surface area contributed by atoms with Gasteiger partial charge < -0.3 is 10.6 Å². The van der Waals surface area contributed by atoms with E-state index in [-0.39, 0.29) is 12.5 Å². The number of hydrogen-bond donors (Lipinski definition) is 2. The molecule has 94 valence electrons. The van der Waals surface area contributed by atoms with Crippen LogP contribution in [-0.4, -0.2) is 27.7 Å². The Morgan fingerprint density at radius 2 is 2.17 bits per heavy atom. The molecule has 0 aromatic carbocycles. The summed E-state index contributed by atoms with van der Waals surface area (Å²) in [6.07, 6.45) is 7.01. The molecule has 0 saturated heterocycles. The molecule has 2 aromatic rings. The summed E-state index contributed by atoms with van der Waals surface area (Å²) in [4.78, 5) is 15.1. The summed E-state index contributed by atoms with van der Waals surface area (Å²) in [5.74, 6) is -0.0706. The van der Waals surface area contributed by atoms with Gasteiger partial charge in [-0.05, 0) is 17.7 Å². The van der Waals surface area contributed by atoms with Crippen molar-refractivity contribution in [3.63, 3.8) is 0 Å². The van der Waals surface area contributed by atoms with Gasteiger partial charge in [0.2, 0.25) is 5.91 Å². The van der Waals surface area contributed by atoms with Crippen molar-refractivity contribution in [3.05, 3.63) is 42.5 Å². The first-order valence-electron chi connectivity index (χ1n) is 5.64. The number of hydrogen-bond acceptors (Lipinski definition) is 4. The van der Waals surface area contributed by atoms with Crippen LogP contribution in [0.1, 0.15) is 5.56 Å².